The predicted molar refractivity (Wildman–Crippen MR) is 133 cm³/mol. The first kappa shape index (κ1) is 24.0. The number of aliphatic hydroxyl groups is 1. The van der Waals surface area contributed by atoms with Crippen LogP contribution in [0.4, 0.5) is 23.1 Å². The molecule has 182 valence electrons. The lowest BCUT2D eigenvalue weighted by Gasteiger charge is -2.35. The van der Waals surface area contributed by atoms with Gasteiger partial charge in [0, 0.05) is 25.8 Å². The lowest BCUT2D eigenvalue weighted by molar-refractivity contribution is 0.102. The Morgan fingerprint density at radius 2 is 2.12 bits per heavy atom. The van der Waals surface area contributed by atoms with Gasteiger partial charge in [0.1, 0.15) is 5.82 Å². The molecule has 0 saturated carbocycles. The van der Waals surface area contributed by atoms with Crippen LogP contribution < -0.4 is 20.3 Å². The number of anilines is 4. The van der Waals surface area contributed by atoms with Gasteiger partial charge in [0.25, 0.3) is 5.91 Å². The molecule has 4 bridgehead atoms. The molecule has 1 saturated heterocycles. The molecule has 2 aliphatic heterocycles. The van der Waals surface area contributed by atoms with Crippen molar-refractivity contribution in [3.8, 4) is 0 Å². The fourth-order valence-corrected chi connectivity index (χ4v) is 5.08. The molecule has 0 spiro atoms. The zero-order valence-electron chi connectivity index (χ0n) is 18.9. The molecule has 2 aromatic rings. The molecule has 2 aliphatic rings. The molecule has 1 amide bonds. The summed E-state index contributed by atoms with van der Waals surface area (Å²) in [5.74, 6) is 0.520. The molecule has 4 rings (SSSR count). The molecule has 0 radical (unpaired) electrons. The Morgan fingerprint density at radius 1 is 1.24 bits per heavy atom. The van der Waals surface area contributed by atoms with Crippen molar-refractivity contribution in [1.29, 1.82) is 0 Å². The van der Waals surface area contributed by atoms with Crippen LogP contribution in [-0.2, 0) is 10.0 Å². The summed E-state index contributed by atoms with van der Waals surface area (Å²) in [6.07, 6.45) is 9.80. The van der Waals surface area contributed by atoms with Gasteiger partial charge in [0.05, 0.1) is 29.3 Å². The summed E-state index contributed by atoms with van der Waals surface area (Å²) in [5, 5.41) is 15.0. The highest BCUT2D eigenvalue weighted by Gasteiger charge is 2.24. The van der Waals surface area contributed by atoms with Crippen molar-refractivity contribution >= 4 is 39.1 Å². The van der Waals surface area contributed by atoms with Crippen molar-refractivity contribution in [2.75, 3.05) is 52.2 Å². The van der Waals surface area contributed by atoms with E-state index in [2.05, 4.69) is 42.4 Å². The molecular formula is C23H30N6O4S. The number of hydrogen-bond acceptors (Lipinski definition) is 8. The quantitative estimate of drug-likeness (QED) is 0.484. The maximum Gasteiger partial charge on any atom is 0.258 e. The number of benzene rings is 1. The number of nitrogens with one attached hydrogen (secondary N) is 3. The zero-order chi connectivity index (χ0) is 24.0. The lowest BCUT2D eigenvalue weighted by Crippen LogP contribution is -2.36. The highest BCUT2D eigenvalue weighted by molar-refractivity contribution is 7.92. The molecule has 3 heterocycles. The SMILES string of the molecule is O=C1Nc2ccnc(n2)NCC/C=C\C[C@H]2CCCN(C2)c2cc(NS(=O)(=O)CCO)ccc21. The molecule has 0 aliphatic carbocycles. The highest BCUT2D eigenvalue weighted by atomic mass is 32.2. The minimum Gasteiger partial charge on any atom is -0.395 e. The molecule has 1 atom stereocenters. The monoisotopic (exact) mass is 486 g/mol. The van der Waals surface area contributed by atoms with Gasteiger partial charge < -0.3 is 20.6 Å². The van der Waals surface area contributed by atoms with E-state index in [1.807, 2.05) is 0 Å². The van der Waals surface area contributed by atoms with Crippen LogP contribution in [0, 0.1) is 5.92 Å². The topological polar surface area (TPSA) is 137 Å². The Labute approximate surface area is 199 Å². The highest BCUT2D eigenvalue weighted by Crippen LogP contribution is 2.31. The summed E-state index contributed by atoms with van der Waals surface area (Å²) in [7, 11) is -3.69. The van der Waals surface area contributed by atoms with Gasteiger partial charge in [0.2, 0.25) is 16.0 Å². The second-order valence-electron chi connectivity index (χ2n) is 8.47. The van der Waals surface area contributed by atoms with E-state index in [4.69, 9.17) is 5.11 Å². The summed E-state index contributed by atoms with van der Waals surface area (Å²) >= 11 is 0. The maximum absolute atomic E-state index is 13.3. The van der Waals surface area contributed by atoms with Gasteiger partial charge in [-0.15, -0.1) is 0 Å². The van der Waals surface area contributed by atoms with Crippen molar-refractivity contribution in [3.05, 3.63) is 48.2 Å². The summed E-state index contributed by atoms with van der Waals surface area (Å²) < 4.78 is 26.9. The molecule has 0 unspecified atom stereocenters. The van der Waals surface area contributed by atoms with E-state index < -0.39 is 22.4 Å². The number of nitrogens with zero attached hydrogens (tertiary/aromatic N) is 3. The van der Waals surface area contributed by atoms with E-state index in [1.54, 1.807) is 30.5 Å². The number of rotatable bonds is 4. The molecule has 10 nitrogen and oxygen atoms in total. The number of carbonyl (C=O) groups is 1. The Kier molecular flexibility index (Phi) is 7.63. The average Bonchev–Trinajstić information content (AvgIpc) is 2.81. The van der Waals surface area contributed by atoms with Gasteiger partial charge in [-0.2, -0.15) is 4.98 Å². The maximum atomic E-state index is 13.3. The first-order valence-electron chi connectivity index (χ1n) is 11.5. The molecule has 4 N–H and O–H groups in total. The minimum atomic E-state index is -3.69. The third-order valence-electron chi connectivity index (χ3n) is 5.86. The van der Waals surface area contributed by atoms with Crippen LogP contribution in [0.3, 0.4) is 0 Å². The van der Waals surface area contributed by atoms with Gasteiger partial charge in [-0.3, -0.25) is 9.52 Å². The van der Waals surface area contributed by atoms with E-state index >= 15 is 0 Å². The largest absolute Gasteiger partial charge is 0.395 e. The first-order chi connectivity index (χ1) is 16.4. The molecular weight excluding hydrogens is 456 g/mol. The number of sulfonamides is 1. The van der Waals surface area contributed by atoms with E-state index in [0.717, 1.165) is 38.8 Å². The standard InChI is InChI=1S/C23H30N6O4S/c30-13-14-34(32,33)28-18-7-8-19-20(15-18)29-12-4-6-17(16-29)5-2-1-3-10-24-23-25-11-9-21(27-23)26-22(19)31/h1-2,7-9,11,15,17,28,30H,3-6,10,12-14,16H2,(H2,24,25,26,27,31)/b2-1-/t17-/m0/s1. The van der Waals surface area contributed by atoms with Crippen molar-refractivity contribution in [3.63, 3.8) is 0 Å². The van der Waals surface area contributed by atoms with Gasteiger partial charge in [0.15, 0.2) is 0 Å². The molecule has 1 aromatic carbocycles. The van der Waals surface area contributed by atoms with Crippen LogP contribution in [0.15, 0.2) is 42.6 Å². The van der Waals surface area contributed by atoms with E-state index in [-0.39, 0.29) is 5.91 Å². The second-order valence-corrected chi connectivity index (χ2v) is 10.3. The van der Waals surface area contributed by atoms with Gasteiger partial charge >= 0.3 is 0 Å². The van der Waals surface area contributed by atoms with Crippen LogP contribution in [0.1, 0.15) is 36.0 Å². The third kappa shape index (κ3) is 6.23. The molecule has 1 fully saturated rings. The van der Waals surface area contributed by atoms with Crippen LogP contribution >= 0.6 is 0 Å². The number of aliphatic hydroxyl groups excluding tert-OH is 1. The number of fused-ring (bicyclic) bond motifs is 6. The fraction of sp³-hybridized carbons (Fsp3) is 0.435. The number of carbonyl (C=O) groups excluding carboxylic acids is 1. The van der Waals surface area contributed by atoms with E-state index in [0.29, 0.717) is 41.2 Å². The van der Waals surface area contributed by atoms with Gasteiger partial charge in [-0.05, 0) is 55.9 Å². The lowest BCUT2D eigenvalue weighted by atomic mass is 9.93. The average molecular weight is 487 g/mol. The third-order valence-corrected chi connectivity index (χ3v) is 7.13. The summed E-state index contributed by atoms with van der Waals surface area (Å²) in [5.41, 5.74) is 1.45. The Bertz CT molecular complexity index is 1150. The van der Waals surface area contributed by atoms with Crippen LogP contribution in [0.2, 0.25) is 0 Å². The van der Waals surface area contributed by atoms with Crippen LogP contribution in [0.5, 0.6) is 0 Å². The molecule has 11 heteroatoms. The van der Waals surface area contributed by atoms with Crippen molar-refractivity contribution < 1.29 is 18.3 Å². The number of aromatic nitrogens is 2. The summed E-state index contributed by atoms with van der Waals surface area (Å²) in [6.45, 7) is 1.77. The molecule has 1 aromatic heterocycles. The molecule has 34 heavy (non-hydrogen) atoms. The van der Waals surface area contributed by atoms with Crippen molar-refractivity contribution in [1.82, 2.24) is 9.97 Å². The second kappa shape index (κ2) is 10.8. The number of hydrogen-bond donors (Lipinski definition) is 4. The van der Waals surface area contributed by atoms with Crippen LogP contribution in [0.25, 0.3) is 0 Å². The summed E-state index contributed by atoms with van der Waals surface area (Å²) in [6, 6.07) is 6.50. The first-order valence-corrected chi connectivity index (χ1v) is 13.1. The van der Waals surface area contributed by atoms with E-state index in [9.17, 15) is 13.2 Å². The number of amides is 1. The minimum absolute atomic E-state index is 0.335. The Morgan fingerprint density at radius 3 is 2.97 bits per heavy atom. The number of allylic oxidation sites excluding steroid dienone is 1. The predicted octanol–water partition coefficient (Wildman–Crippen LogP) is 2.44. The Balaban J connectivity index is 1.70. The summed E-state index contributed by atoms with van der Waals surface area (Å²) in [4.78, 5) is 24.0. The van der Waals surface area contributed by atoms with E-state index in [1.165, 1.54) is 0 Å². The smallest absolute Gasteiger partial charge is 0.258 e. The zero-order valence-corrected chi connectivity index (χ0v) is 19.7. The Hall–Kier alpha value is -3.18. The number of piperidine rings is 1. The van der Waals surface area contributed by atoms with Gasteiger partial charge in [-0.25, -0.2) is 13.4 Å². The van der Waals surface area contributed by atoms with Crippen LogP contribution in [-0.4, -0.2) is 61.4 Å². The van der Waals surface area contributed by atoms with Crippen molar-refractivity contribution in [2.24, 2.45) is 5.92 Å². The normalized spacial score (nSPS) is 20.0. The van der Waals surface area contributed by atoms with Gasteiger partial charge in [-0.1, -0.05) is 12.2 Å². The fourth-order valence-electron chi connectivity index (χ4n) is 4.25. The van der Waals surface area contributed by atoms with Crippen molar-refractivity contribution in [2.45, 2.75) is 25.7 Å².